The van der Waals surface area contributed by atoms with Gasteiger partial charge >= 0.3 is 0 Å². The summed E-state index contributed by atoms with van der Waals surface area (Å²) in [6.07, 6.45) is 9.31. The van der Waals surface area contributed by atoms with E-state index in [2.05, 4.69) is 48.1 Å². The van der Waals surface area contributed by atoms with E-state index in [0.717, 1.165) is 46.0 Å². The molecule has 2 aromatic heterocycles. The molecule has 0 aliphatic carbocycles. The highest BCUT2D eigenvalue weighted by molar-refractivity contribution is 5.83. The number of nitrogens with zero attached hydrogens (tertiary/aromatic N) is 2. The van der Waals surface area contributed by atoms with E-state index in [1.165, 1.54) is 14.2 Å². The second kappa shape index (κ2) is 11.9. The monoisotopic (exact) mass is 504 g/mol. The molecule has 4 rings (SSSR count). The molecule has 0 bridgehead atoms. The van der Waals surface area contributed by atoms with Gasteiger partial charge in [0.2, 0.25) is 11.8 Å². The van der Waals surface area contributed by atoms with Gasteiger partial charge in [0.25, 0.3) is 0 Å². The van der Waals surface area contributed by atoms with E-state index in [1.807, 2.05) is 36.4 Å². The predicted octanol–water partition coefficient (Wildman–Crippen LogP) is 6.74. The van der Waals surface area contributed by atoms with Gasteiger partial charge in [-0.2, -0.15) is 0 Å². The Morgan fingerprint density at radius 3 is 1.34 bits per heavy atom. The number of ether oxygens (including phenoxy) is 2. The summed E-state index contributed by atoms with van der Waals surface area (Å²) >= 11 is 0. The number of aromatic nitrogens is 2. The maximum absolute atomic E-state index is 11.1. The number of aldehydes is 2. The van der Waals surface area contributed by atoms with Crippen molar-refractivity contribution in [2.45, 2.75) is 13.8 Å². The van der Waals surface area contributed by atoms with Gasteiger partial charge in [-0.25, -0.2) is 9.97 Å². The van der Waals surface area contributed by atoms with Crippen molar-refractivity contribution in [3.05, 3.63) is 105 Å². The smallest absolute Gasteiger partial charge is 0.224 e. The van der Waals surface area contributed by atoms with Crippen LogP contribution in [0.5, 0.6) is 11.8 Å². The van der Waals surface area contributed by atoms with E-state index in [-0.39, 0.29) is 0 Å². The van der Waals surface area contributed by atoms with Crippen LogP contribution in [0.25, 0.3) is 35.4 Å². The third-order valence-electron chi connectivity index (χ3n) is 6.37. The van der Waals surface area contributed by atoms with Gasteiger partial charge in [-0.1, -0.05) is 48.6 Å². The van der Waals surface area contributed by atoms with Crippen molar-refractivity contribution < 1.29 is 19.1 Å². The molecule has 0 radical (unpaired) electrons. The normalized spacial score (nSPS) is 11.2. The number of pyridine rings is 2. The molecule has 4 aromatic rings. The lowest BCUT2D eigenvalue weighted by atomic mass is 9.91. The van der Waals surface area contributed by atoms with Gasteiger partial charge in [-0.15, -0.1) is 0 Å². The van der Waals surface area contributed by atoms with E-state index in [9.17, 15) is 9.59 Å². The molecule has 2 aromatic carbocycles. The van der Waals surface area contributed by atoms with Gasteiger partial charge in [0.15, 0.2) is 12.6 Å². The molecule has 38 heavy (non-hydrogen) atoms. The molecule has 0 unspecified atom stereocenters. The molecule has 0 atom stereocenters. The van der Waals surface area contributed by atoms with Crippen LogP contribution in [0.1, 0.15) is 54.4 Å². The molecular formula is C32H28N2O4. The minimum absolute atomic E-state index is 0.307. The molecule has 0 saturated carbocycles. The number of benzene rings is 2. The predicted molar refractivity (Wildman–Crippen MR) is 152 cm³/mol. The Hall–Kier alpha value is -4.84. The molecule has 0 aliphatic heterocycles. The molecule has 6 nitrogen and oxygen atoms in total. The Bertz CT molecular complexity index is 1440. The maximum atomic E-state index is 11.1. The molecule has 2 heterocycles. The highest BCUT2D eigenvalue weighted by atomic mass is 16.5. The quantitative estimate of drug-likeness (QED) is 0.235. The lowest BCUT2D eigenvalue weighted by Crippen LogP contribution is -1.95. The molecular weight excluding hydrogens is 476 g/mol. The average molecular weight is 505 g/mol. The van der Waals surface area contributed by atoms with Crippen molar-refractivity contribution in [3.8, 4) is 22.9 Å². The van der Waals surface area contributed by atoms with Crippen LogP contribution in [0.2, 0.25) is 0 Å². The van der Waals surface area contributed by atoms with Crippen LogP contribution >= 0.6 is 0 Å². The molecule has 0 N–H and O–H groups in total. The first-order chi connectivity index (χ1) is 18.5. The third-order valence-corrected chi connectivity index (χ3v) is 6.37. The summed E-state index contributed by atoms with van der Waals surface area (Å²) in [7, 11) is 3.00. The van der Waals surface area contributed by atoms with Crippen molar-refractivity contribution in [2.75, 3.05) is 14.2 Å². The minimum atomic E-state index is 0.307. The van der Waals surface area contributed by atoms with Gasteiger partial charge in [-0.05, 0) is 83.6 Å². The molecule has 0 amide bonds. The Morgan fingerprint density at radius 2 is 0.974 bits per heavy atom. The number of carbonyl (C=O) groups excluding carboxylic acids is 2. The first-order valence-corrected chi connectivity index (χ1v) is 12.0. The number of methoxy groups -OCH3 is 2. The number of hydrogen-bond donors (Lipinski definition) is 0. The fourth-order valence-electron chi connectivity index (χ4n) is 4.23. The van der Waals surface area contributed by atoms with E-state index in [4.69, 9.17) is 9.47 Å². The molecule has 0 aliphatic rings. The summed E-state index contributed by atoms with van der Waals surface area (Å²) in [6.45, 7) is 4.20. The van der Waals surface area contributed by atoms with Crippen LogP contribution in [0, 0.1) is 13.8 Å². The Labute approximate surface area is 222 Å². The van der Waals surface area contributed by atoms with Gasteiger partial charge < -0.3 is 9.47 Å². The van der Waals surface area contributed by atoms with E-state index in [0.29, 0.717) is 34.3 Å². The van der Waals surface area contributed by atoms with Gasteiger partial charge in [0.1, 0.15) is 0 Å². The fraction of sp³-hybridized carbons (Fsp3) is 0.125. The second-order valence-electron chi connectivity index (χ2n) is 8.61. The van der Waals surface area contributed by atoms with Gasteiger partial charge in [0.05, 0.1) is 36.7 Å². The zero-order valence-corrected chi connectivity index (χ0v) is 21.8. The van der Waals surface area contributed by atoms with Crippen LogP contribution in [0.4, 0.5) is 0 Å². The summed E-state index contributed by atoms with van der Waals surface area (Å²) < 4.78 is 10.4. The zero-order chi connectivity index (χ0) is 27.1. The third kappa shape index (κ3) is 5.60. The van der Waals surface area contributed by atoms with Crippen molar-refractivity contribution in [2.24, 2.45) is 0 Å². The van der Waals surface area contributed by atoms with Crippen molar-refractivity contribution in [3.63, 3.8) is 0 Å². The Kier molecular flexibility index (Phi) is 8.23. The van der Waals surface area contributed by atoms with Crippen molar-refractivity contribution >= 4 is 36.9 Å². The van der Waals surface area contributed by atoms with Crippen molar-refractivity contribution in [1.82, 2.24) is 9.97 Å². The molecule has 6 heteroatoms. The van der Waals surface area contributed by atoms with Gasteiger partial charge in [0, 0.05) is 0 Å². The van der Waals surface area contributed by atoms with E-state index < -0.39 is 0 Å². The standard InChI is InChI=1S/C32H28N2O4/c1-21-23(11-15-27-17-13-25(19-35)31(33-27)37-3)7-5-9-29(21)30-10-6-8-24(22(30)2)12-16-28-18-14-26(20-36)32(34-28)38-4/h5-20H,1-4H3/b15-11+,16-12+. The van der Waals surface area contributed by atoms with Crippen LogP contribution in [0.3, 0.4) is 0 Å². The first kappa shape index (κ1) is 26.2. The number of hydrogen-bond acceptors (Lipinski definition) is 6. The summed E-state index contributed by atoms with van der Waals surface area (Å²) in [5, 5.41) is 0. The van der Waals surface area contributed by atoms with Crippen LogP contribution < -0.4 is 9.47 Å². The molecule has 0 spiro atoms. The lowest BCUT2D eigenvalue weighted by Gasteiger charge is -2.14. The Morgan fingerprint density at radius 1 is 0.553 bits per heavy atom. The average Bonchev–Trinajstić information content (AvgIpc) is 2.95. The highest BCUT2D eigenvalue weighted by Gasteiger charge is 2.10. The van der Waals surface area contributed by atoms with Crippen LogP contribution in [-0.4, -0.2) is 36.8 Å². The molecule has 190 valence electrons. The van der Waals surface area contributed by atoms with E-state index >= 15 is 0 Å². The minimum Gasteiger partial charge on any atom is -0.480 e. The zero-order valence-electron chi connectivity index (χ0n) is 21.8. The first-order valence-electron chi connectivity index (χ1n) is 12.0. The van der Waals surface area contributed by atoms with Crippen LogP contribution in [0.15, 0.2) is 60.7 Å². The van der Waals surface area contributed by atoms with Crippen molar-refractivity contribution in [1.29, 1.82) is 0 Å². The highest BCUT2D eigenvalue weighted by Crippen LogP contribution is 2.31. The molecule has 0 saturated heterocycles. The maximum Gasteiger partial charge on any atom is 0.224 e. The largest absolute Gasteiger partial charge is 0.480 e. The number of carbonyl (C=O) groups is 2. The SMILES string of the molecule is COc1nc(/C=C/c2cccc(-c3cccc(/C=C/c4ccc(C=O)c(OC)n4)c3C)c2C)ccc1C=O. The summed E-state index contributed by atoms with van der Waals surface area (Å²) in [6, 6.07) is 19.4. The number of rotatable bonds is 9. The second-order valence-corrected chi connectivity index (χ2v) is 8.61. The van der Waals surface area contributed by atoms with E-state index in [1.54, 1.807) is 24.3 Å². The summed E-state index contributed by atoms with van der Waals surface area (Å²) in [4.78, 5) is 31.1. The van der Waals surface area contributed by atoms with Gasteiger partial charge in [-0.3, -0.25) is 9.59 Å². The topological polar surface area (TPSA) is 78.4 Å². The lowest BCUT2D eigenvalue weighted by molar-refractivity contribution is 0.111. The van der Waals surface area contributed by atoms with Crippen LogP contribution in [-0.2, 0) is 0 Å². The molecule has 0 fully saturated rings. The fourth-order valence-corrected chi connectivity index (χ4v) is 4.23. The summed E-state index contributed by atoms with van der Waals surface area (Å²) in [5.41, 5.74) is 8.91. The Balaban J connectivity index is 1.64. The summed E-state index contributed by atoms with van der Waals surface area (Å²) in [5.74, 6) is 0.614.